The number of rotatable bonds is 5. The van der Waals surface area contributed by atoms with E-state index in [9.17, 15) is 4.79 Å². The number of fused-ring (bicyclic) bond motifs is 1. The van der Waals surface area contributed by atoms with Gasteiger partial charge in [-0.2, -0.15) is 5.10 Å². The molecule has 0 radical (unpaired) electrons. The van der Waals surface area contributed by atoms with E-state index >= 15 is 0 Å². The number of ether oxygens (including phenoxy) is 2. The molecular formula is C22H27N3O3. The predicted octanol–water partition coefficient (Wildman–Crippen LogP) is 3.37. The lowest BCUT2D eigenvalue weighted by atomic mass is 9.93. The maximum Gasteiger partial charge on any atom is 0.274 e. The van der Waals surface area contributed by atoms with Crippen LogP contribution in [-0.2, 0) is 7.05 Å². The highest BCUT2D eigenvalue weighted by molar-refractivity contribution is 5.92. The Kier molecular flexibility index (Phi) is 5.37. The molecule has 1 aliphatic heterocycles. The van der Waals surface area contributed by atoms with E-state index in [1.165, 1.54) is 0 Å². The van der Waals surface area contributed by atoms with Crippen molar-refractivity contribution in [2.45, 2.75) is 32.3 Å². The van der Waals surface area contributed by atoms with E-state index in [-0.39, 0.29) is 12.0 Å². The Balaban J connectivity index is 1.51. The number of amides is 1. The van der Waals surface area contributed by atoms with Gasteiger partial charge in [0.05, 0.1) is 6.54 Å². The van der Waals surface area contributed by atoms with Crippen LogP contribution in [0.3, 0.4) is 0 Å². The third kappa shape index (κ3) is 4.06. The molecule has 1 amide bonds. The van der Waals surface area contributed by atoms with E-state index in [1.54, 1.807) is 4.68 Å². The quantitative estimate of drug-likeness (QED) is 0.745. The fourth-order valence-electron chi connectivity index (χ4n) is 3.80. The van der Waals surface area contributed by atoms with Gasteiger partial charge in [-0.25, -0.2) is 0 Å². The summed E-state index contributed by atoms with van der Waals surface area (Å²) in [5.41, 5.74) is 1.46. The van der Waals surface area contributed by atoms with E-state index in [4.69, 9.17) is 9.47 Å². The van der Waals surface area contributed by atoms with E-state index in [1.807, 2.05) is 49.2 Å². The SMILES string of the molecule is Cc1cc(C(=O)N(C[C@@H]2CC=CCC2)C[C@@H]2COc3ccccc3O2)nn1C. The molecule has 0 N–H and O–H groups in total. The lowest BCUT2D eigenvalue weighted by Gasteiger charge is -2.33. The van der Waals surface area contributed by atoms with Gasteiger partial charge < -0.3 is 14.4 Å². The summed E-state index contributed by atoms with van der Waals surface area (Å²) in [5, 5.41) is 4.39. The van der Waals surface area contributed by atoms with Crippen LogP contribution in [0.15, 0.2) is 42.5 Å². The van der Waals surface area contributed by atoms with Gasteiger partial charge in [-0.15, -0.1) is 0 Å². The van der Waals surface area contributed by atoms with Crippen molar-refractivity contribution in [3.8, 4) is 11.5 Å². The second kappa shape index (κ2) is 8.09. The largest absolute Gasteiger partial charge is 0.486 e. The number of aryl methyl sites for hydroxylation is 2. The summed E-state index contributed by atoms with van der Waals surface area (Å²) in [4.78, 5) is 15.1. The van der Waals surface area contributed by atoms with Gasteiger partial charge in [-0.05, 0) is 50.3 Å². The molecule has 0 saturated carbocycles. The molecule has 148 valence electrons. The molecule has 2 heterocycles. The highest BCUT2D eigenvalue weighted by Gasteiger charge is 2.29. The summed E-state index contributed by atoms with van der Waals surface area (Å²) >= 11 is 0. The molecule has 2 aliphatic rings. The zero-order valence-corrected chi connectivity index (χ0v) is 16.5. The van der Waals surface area contributed by atoms with Crippen LogP contribution in [0, 0.1) is 12.8 Å². The summed E-state index contributed by atoms with van der Waals surface area (Å²) in [7, 11) is 1.86. The maximum absolute atomic E-state index is 13.2. The fourth-order valence-corrected chi connectivity index (χ4v) is 3.80. The minimum atomic E-state index is -0.192. The second-order valence-electron chi connectivity index (χ2n) is 7.65. The average molecular weight is 381 g/mol. The Hall–Kier alpha value is -2.76. The van der Waals surface area contributed by atoms with Crippen molar-refractivity contribution in [3.63, 3.8) is 0 Å². The Morgan fingerprint density at radius 2 is 2.07 bits per heavy atom. The molecule has 0 saturated heterocycles. The molecule has 1 aromatic carbocycles. The molecule has 2 atom stereocenters. The van der Waals surface area contributed by atoms with Gasteiger partial charge in [0.25, 0.3) is 5.91 Å². The van der Waals surface area contributed by atoms with Crippen LogP contribution in [0.2, 0.25) is 0 Å². The number of carbonyl (C=O) groups is 1. The molecule has 1 aromatic heterocycles. The van der Waals surface area contributed by atoms with Crippen molar-refractivity contribution in [1.29, 1.82) is 0 Å². The number of nitrogens with zero attached hydrogens (tertiary/aromatic N) is 3. The van der Waals surface area contributed by atoms with Crippen LogP contribution in [0.4, 0.5) is 0 Å². The number of hydrogen-bond acceptors (Lipinski definition) is 4. The number of hydrogen-bond donors (Lipinski definition) is 0. The molecule has 6 heteroatoms. The summed E-state index contributed by atoms with van der Waals surface area (Å²) < 4.78 is 13.7. The van der Waals surface area contributed by atoms with Gasteiger partial charge in [0.15, 0.2) is 23.3 Å². The molecule has 0 unspecified atom stereocenters. The Morgan fingerprint density at radius 3 is 2.79 bits per heavy atom. The zero-order valence-electron chi connectivity index (χ0n) is 16.5. The molecular weight excluding hydrogens is 354 g/mol. The first-order chi connectivity index (χ1) is 13.6. The van der Waals surface area contributed by atoms with Gasteiger partial charge in [0, 0.05) is 19.3 Å². The minimum Gasteiger partial charge on any atom is -0.486 e. The van der Waals surface area contributed by atoms with Gasteiger partial charge >= 0.3 is 0 Å². The van der Waals surface area contributed by atoms with E-state index < -0.39 is 0 Å². The van der Waals surface area contributed by atoms with Crippen molar-refractivity contribution in [2.75, 3.05) is 19.7 Å². The van der Waals surface area contributed by atoms with E-state index in [0.29, 0.717) is 31.3 Å². The number of para-hydroxylation sites is 2. The van der Waals surface area contributed by atoms with Crippen molar-refractivity contribution >= 4 is 5.91 Å². The summed E-state index contributed by atoms with van der Waals surface area (Å²) in [6, 6.07) is 9.52. The van der Waals surface area contributed by atoms with Crippen LogP contribution in [-0.4, -0.2) is 46.4 Å². The first-order valence-electron chi connectivity index (χ1n) is 9.93. The smallest absolute Gasteiger partial charge is 0.274 e. The summed E-state index contributed by atoms with van der Waals surface area (Å²) in [6.45, 7) is 3.59. The summed E-state index contributed by atoms with van der Waals surface area (Å²) in [5.74, 6) is 1.92. The zero-order chi connectivity index (χ0) is 19.5. The third-order valence-electron chi connectivity index (χ3n) is 5.47. The lowest BCUT2D eigenvalue weighted by Crippen LogP contribution is -2.45. The van der Waals surface area contributed by atoms with Crippen molar-refractivity contribution in [1.82, 2.24) is 14.7 Å². The van der Waals surface area contributed by atoms with Gasteiger partial charge in [0.2, 0.25) is 0 Å². The van der Waals surface area contributed by atoms with E-state index in [2.05, 4.69) is 17.3 Å². The fraction of sp³-hybridized carbons (Fsp3) is 0.455. The van der Waals surface area contributed by atoms with E-state index in [0.717, 1.165) is 36.5 Å². The van der Waals surface area contributed by atoms with Gasteiger partial charge in [-0.1, -0.05) is 24.3 Å². The Morgan fingerprint density at radius 1 is 1.25 bits per heavy atom. The van der Waals surface area contributed by atoms with Gasteiger partial charge in [-0.3, -0.25) is 9.48 Å². The monoisotopic (exact) mass is 381 g/mol. The van der Waals surface area contributed by atoms with Crippen molar-refractivity contribution < 1.29 is 14.3 Å². The van der Waals surface area contributed by atoms with Crippen LogP contribution in [0.25, 0.3) is 0 Å². The lowest BCUT2D eigenvalue weighted by molar-refractivity contribution is 0.0418. The highest BCUT2D eigenvalue weighted by atomic mass is 16.6. The number of allylic oxidation sites excluding steroid dienone is 2. The van der Waals surface area contributed by atoms with Crippen LogP contribution in [0.1, 0.15) is 35.4 Å². The normalized spacial score (nSPS) is 20.8. The predicted molar refractivity (Wildman–Crippen MR) is 107 cm³/mol. The van der Waals surface area contributed by atoms with Gasteiger partial charge in [0.1, 0.15) is 6.61 Å². The standard InChI is InChI=1S/C22H27N3O3/c1-16-12-19(23-24(16)2)22(26)25(13-17-8-4-3-5-9-17)14-18-15-27-20-10-6-7-11-21(20)28-18/h3-4,6-7,10-12,17-18H,5,8-9,13-15H2,1-2H3/t17-,18-/m1/s1. The topological polar surface area (TPSA) is 56.6 Å². The number of aromatic nitrogens is 2. The molecule has 0 spiro atoms. The highest BCUT2D eigenvalue weighted by Crippen LogP contribution is 2.31. The second-order valence-corrected chi connectivity index (χ2v) is 7.65. The average Bonchev–Trinajstić information content (AvgIpc) is 3.06. The molecule has 0 fully saturated rings. The van der Waals surface area contributed by atoms with Crippen LogP contribution >= 0.6 is 0 Å². The number of benzene rings is 1. The Labute approximate surface area is 165 Å². The number of carbonyl (C=O) groups excluding carboxylic acids is 1. The molecule has 1 aliphatic carbocycles. The van der Waals surface area contributed by atoms with Crippen LogP contribution < -0.4 is 9.47 Å². The first kappa shape index (κ1) is 18.6. The Bertz CT molecular complexity index is 854. The molecule has 0 bridgehead atoms. The molecule has 4 rings (SSSR count). The maximum atomic E-state index is 13.2. The molecule has 28 heavy (non-hydrogen) atoms. The minimum absolute atomic E-state index is 0.0410. The van der Waals surface area contributed by atoms with Crippen molar-refractivity contribution in [3.05, 3.63) is 53.9 Å². The first-order valence-corrected chi connectivity index (χ1v) is 9.93. The van der Waals surface area contributed by atoms with Crippen molar-refractivity contribution in [2.24, 2.45) is 13.0 Å². The third-order valence-corrected chi connectivity index (χ3v) is 5.47. The summed E-state index contributed by atoms with van der Waals surface area (Å²) in [6.07, 6.45) is 7.44. The molecule has 6 nitrogen and oxygen atoms in total. The molecule has 2 aromatic rings. The van der Waals surface area contributed by atoms with Crippen LogP contribution in [0.5, 0.6) is 11.5 Å².